The summed E-state index contributed by atoms with van der Waals surface area (Å²) in [5.41, 5.74) is 0.232. The predicted octanol–water partition coefficient (Wildman–Crippen LogP) is 3.12. The van der Waals surface area contributed by atoms with Crippen LogP contribution in [0.3, 0.4) is 0 Å². The van der Waals surface area contributed by atoms with E-state index in [-0.39, 0.29) is 11.5 Å². The van der Waals surface area contributed by atoms with Crippen LogP contribution in [0.4, 0.5) is 8.78 Å². The lowest BCUT2D eigenvalue weighted by molar-refractivity contribution is -0.131. The number of halogens is 2. The molecule has 0 spiro atoms. The summed E-state index contributed by atoms with van der Waals surface area (Å²) in [6.07, 6.45) is 0.637. The summed E-state index contributed by atoms with van der Waals surface area (Å²) in [7, 11) is 3.37. The Morgan fingerprint density at radius 2 is 1.86 bits per heavy atom. The molecule has 0 aliphatic carbocycles. The topological polar surface area (TPSA) is 32.3 Å². The number of carbonyl (C=O) groups excluding carboxylic acids is 1. The van der Waals surface area contributed by atoms with Gasteiger partial charge in [-0.25, -0.2) is 8.78 Å². The summed E-state index contributed by atoms with van der Waals surface area (Å²) in [6.45, 7) is 5.77. The van der Waals surface area contributed by atoms with E-state index in [0.29, 0.717) is 12.3 Å². The van der Waals surface area contributed by atoms with Gasteiger partial charge in [-0.1, -0.05) is 13.8 Å². The highest BCUT2D eigenvalue weighted by Gasteiger charge is 2.24. The highest BCUT2D eigenvalue weighted by molar-refractivity contribution is 5.81. The minimum Gasteiger partial charge on any atom is -0.347 e. The van der Waals surface area contributed by atoms with E-state index in [0.717, 1.165) is 12.1 Å². The van der Waals surface area contributed by atoms with Crippen molar-refractivity contribution in [1.82, 2.24) is 10.2 Å². The number of hydrogen-bond acceptors (Lipinski definition) is 2. The summed E-state index contributed by atoms with van der Waals surface area (Å²) < 4.78 is 27.1. The highest BCUT2D eigenvalue weighted by atomic mass is 19.1. The van der Waals surface area contributed by atoms with Crippen molar-refractivity contribution in [3.63, 3.8) is 0 Å². The van der Waals surface area contributed by atoms with Crippen LogP contribution >= 0.6 is 0 Å². The van der Waals surface area contributed by atoms with Crippen LogP contribution in [0.2, 0.25) is 0 Å². The maximum absolute atomic E-state index is 13.8. The Morgan fingerprint density at radius 1 is 1.24 bits per heavy atom. The second-order valence-corrected chi connectivity index (χ2v) is 5.97. The number of rotatable bonds is 6. The molecule has 1 aromatic carbocycles. The Hall–Kier alpha value is -1.49. The third-order valence-electron chi connectivity index (χ3n) is 3.32. The zero-order valence-electron chi connectivity index (χ0n) is 13.3. The standard InChI is InChI=1S/C16H24F2N2O/c1-10(2)8-15(16(21)20(4)5)19-11(3)13-9-12(17)6-7-14(13)18/h6-7,9-11,15,19H,8H2,1-5H3. The average Bonchev–Trinajstić information content (AvgIpc) is 2.39. The van der Waals surface area contributed by atoms with Crippen LogP contribution in [0.1, 0.15) is 38.8 Å². The number of nitrogens with zero attached hydrogens (tertiary/aromatic N) is 1. The Balaban J connectivity index is 2.91. The molecule has 1 rings (SSSR count). The van der Waals surface area contributed by atoms with Crippen LogP contribution < -0.4 is 5.32 Å². The van der Waals surface area contributed by atoms with Gasteiger partial charge in [0.15, 0.2) is 0 Å². The van der Waals surface area contributed by atoms with Gasteiger partial charge in [-0.15, -0.1) is 0 Å². The first-order chi connectivity index (χ1) is 9.72. The number of amides is 1. The summed E-state index contributed by atoms with van der Waals surface area (Å²) >= 11 is 0. The molecule has 2 unspecified atom stereocenters. The SMILES string of the molecule is CC(C)CC(NC(C)c1cc(F)ccc1F)C(=O)N(C)C. The maximum Gasteiger partial charge on any atom is 0.239 e. The monoisotopic (exact) mass is 298 g/mol. The zero-order valence-corrected chi connectivity index (χ0v) is 13.3. The van der Waals surface area contributed by atoms with Gasteiger partial charge in [0.25, 0.3) is 0 Å². The molecule has 3 nitrogen and oxygen atoms in total. The molecule has 1 aromatic rings. The number of nitrogens with one attached hydrogen (secondary N) is 1. The number of likely N-dealkylation sites (N-methyl/N-ethyl adjacent to an activating group) is 1. The third-order valence-corrected chi connectivity index (χ3v) is 3.32. The molecular formula is C16H24F2N2O. The molecule has 21 heavy (non-hydrogen) atoms. The van der Waals surface area contributed by atoms with Crippen molar-refractivity contribution in [2.24, 2.45) is 5.92 Å². The van der Waals surface area contributed by atoms with E-state index in [9.17, 15) is 13.6 Å². The fourth-order valence-corrected chi connectivity index (χ4v) is 2.26. The Labute approximate surface area is 125 Å². The lowest BCUT2D eigenvalue weighted by Gasteiger charge is -2.27. The molecule has 118 valence electrons. The van der Waals surface area contributed by atoms with Crippen LogP contribution in [0.5, 0.6) is 0 Å². The minimum absolute atomic E-state index is 0.0626. The molecule has 1 N–H and O–H groups in total. The van der Waals surface area contributed by atoms with Gasteiger partial charge in [-0.3, -0.25) is 10.1 Å². The summed E-state index contributed by atoms with van der Waals surface area (Å²) in [6, 6.07) is 2.49. The molecular weight excluding hydrogens is 274 g/mol. The second-order valence-electron chi connectivity index (χ2n) is 5.97. The van der Waals surface area contributed by atoms with Crippen LogP contribution in [0.25, 0.3) is 0 Å². The molecule has 0 radical (unpaired) electrons. The summed E-state index contributed by atoms with van der Waals surface area (Å²) in [5.74, 6) is -0.709. The third kappa shape index (κ3) is 5.08. The van der Waals surface area contributed by atoms with Crippen molar-refractivity contribution in [1.29, 1.82) is 0 Å². The molecule has 0 heterocycles. The van der Waals surface area contributed by atoms with E-state index >= 15 is 0 Å². The van der Waals surface area contributed by atoms with Gasteiger partial charge < -0.3 is 4.90 Å². The van der Waals surface area contributed by atoms with E-state index in [1.165, 1.54) is 11.0 Å². The van der Waals surface area contributed by atoms with Gasteiger partial charge in [0, 0.05) is 25.7 Å². The van der Waals surface area contributed by atoms with Gasteiger partial charge in [0.05, 0.1) is 6.04 Å². The first-order valence-corrected chi connectivity index (χ1v) is 7.14. The van der Waals surface area contributed by atoms with Gasteiger partial charge in [-0.2, -0.15) is 0 Å². The van der Waals surface area contributed by atoms with Crippen LogP contribution in [0, 0.1) is 17.6 Å². The quantitative estimate of drug-likeness (QED) is 0.875. The van der Waals surface area contributed by atoms with Gasteiger partial charge in [0.2, 0.25) is 5.91 Å². The van der Waals surface area contributed by atoms with Crippen LogP contribution in [0.15, 0.2) is 18.2 Å². The summed E-state index contributed by atoms with van der Waals surface area (Å²) in [4.78, 5) is 13.7. The predicted molar refractivity (Wildman–Crippen MR) is 79.8 cm³/mol. The van der Waals surface area contributed by atoms with Crippen molar-refractivity contribution < 1.29 is 13.6 Å². The van der Waals surface area contributed by atoms with E-state index in [2.05, 4.69) is 5.32 Å². The Morgan fingerprint density at radius 3 is 2.38 bits per heavy atom. The molecule has 0 bridgehead atoms. The van der Waals surface area contributed by atoms with E-state index in [1.807, 2.05) is 13.8 Å². The largest absolute Gasteiger partial charge is 0.347 e. The number of carbonyl (C=O) groups is 1. The highest BCUT2D eigenvalue weighted by Crippen LogP contribution is 2.20. The lowest BCUT2D eigenvalue weighted by atomic mass is 10.00. The van der Waals surface area contributed by atoms with E-state index < -0.39 is 23.7 Å². The lowest BCUT2D eigenvalue weighted by Crippen LogP contribution is -2.45. The Bertz CT molecular complexity index is 489. The maximum atomic E-state index is 13.8. The first kappa shape index (κ1) is 17.6. The molecule has 1 amide bonds. The van der Waals surface area contributed by atoms with Crippen molar-refractivity contribution in [3.05, 3.63) is 35.4 Å². The number of benzene rings is 1. The normalized spacial score (nSPS) is 14.1. The smallest absolute Gasteiger partial charge is 0.239 e. The van der Waals surface area contributed by atoms with Crippen molar-refractivity contribution in [2.75, 3.05) is 14.1 Å². The second kappa shape index (κ2) is 7.50. The van der Waals surface area contributed by atoms with Crippen LogP contribution in [-0.4, -0.2) is 30.9 Å². The van der Waals surface area contributed by atoms with E-state index in [4.69, 9.17) is 0 Å². The summed E-state index contributed by atoms with van der Waals surface area (Å²) in [5, 5.41) is 3.12. The van der Waals surface area contributed by atoms with Crippen molar-refractivity contribution in [3.8, 4) is 0 Å². The zero-order chi connectivity index (χ0) is 16.2. The number of hydrogen-bond donors (Lipinski definition) is 1. The average molecular weight is 298 g/mol. The Kier molecular flexibility index (Phi) is 6.27. The fraction of sp³-hybridized carbons (Fsp3) is 0.562. The molecule has 0 saturated carbocycles. The van der Waals surface area contributed by atoms with Gasteiger partial charge in [0.1, 0.15) is 11.6 Å². The first-order valence-electron chi connectivity index (χ1n) is 7.14. The molecule has 0 saturated heterocycles. The molecule has 5 heteroatoms. The van der Waals surface area contributed by atoms with Crippen molar-refractivity contribution in [2.45, 2.75) is 39.3 Å². The molecule has 0 fully saturated rings. The van der Waals surface area contributed by atoms with E-state index in [1.54, 1.807) is 21.0 Å². The molecule has 2 atom stereocenters. The fourth-order valence-electron chi connectivity index (χ4n) is 2.26. The van der Waals surface area contributed by atoms with Gasteiger partial charge >= 0.3 is 0 Å². The minimum atomic E-state index is -0.487. The molecule has 0 aromatic heterocycles. The van der Waals surface area contributed by atoms with Crippen molar-refractivity contribution >= 4 is 5.91 Å². The van der Waals surface area contributed by atoms with Gasteiger partial charge in [-0.05, 0) is 37.5 Å². The molecule has 0 aliphatic rings. The molecule has 0 aliphatic heterocycles. The van der Waals surface area contributed by atoms with Crippen LogP contribution in [-0.2, 0) is 4.79 Å².